The van der Waals surface area contributed by atoms with Crippen molar-refractivity contribution in [3.63, 3.8) is 0 Å². The third-order valence-corrected chi connectivity index (χ3v) is 2.55. The van der Waals surface area contributed by atoms with Gasteiger partial charge in [0, 0.05) is 16.3 Å². The van der Waals surface area contributed by atoms with E-state index < -0.39 is 0 Å². The predicted molar refractivity (Wildman–Crippen MR) is 54.6 cm³/mol. The lowest BCUT2D eigenvalue weighted by Crippen LogP contribution is -2.10. The molecular weight excluding hydrogens is 184 g/mol. The average molecular weight is 196 g/mol. The molecule has 70 valence electrons. The van der Waals surface area contributed by atoms with Gasteiger partial charge in [0.25, 0.3) is 0 Å². The molecule has 0 saturated carbocycles. The van der Waals surface area contributed by atoms with Crippen molar-refractivity contribution in [3.05, 3.63) is 32.3 Å². The summed E-state index contributed by atoms with van der Waals surface area (Å²) in [4.78, 5) is 6.01. The largest absolute Gasteiger partial charge is 0.305 e. The molecular formula is C8H12N4S. The highest BCUT2D eigenvalue weighted by Crippen LogP contribution is 2.18. The van der Waals surface area contributed by atoms with Crippen LogP contribution in [0.25, 0.3) is 10.4 Å². The summed E-state index contributed by atoms with van der Waals surface area (Å²) in [5, 5.41) is 5.58. The van der Waals surface area contributed by atoms with Crippen molar-refractivity contribution < 1.29 is 0 Å². The van der Waals surface area contributed by atoms with Crippen LogP contribution in [0.5, 0.6) is 0 Å². The molecule has 0 unspecified atom stereocenters. The van der Waals surface area contributed by atoms with Crippen LogP contribution < -0.4 is 0 Å². The summed E-state index contributed by atoms with van der Waals surface area (Å²) in [5.41, 5.74) is 9.44. The van der Waals surface area contributed by atoms with Crippen molar-refractivity contribution in [3.8, 4) is 0 Å². The van der Waals surface area contributed by atoms with E-state index in [-0.39, 0.29) is 0 Å². The molecule has 1 heterocycles. The van der Waals surface area contributed by atoms with Gasteiger partial charge in [-0.15, -0.1) is 11.3 Å². The van der Waals surface area contributed by atoms with Crippen LogP contribution in [-0.4, -0.2) is 19.0 Å². The van der Waals surface area contributed by atoms with Crippen LogP contribution in [0.1, 0.15) is 10.4 Å². The molecule has 0 aliphatic heterocycles. The minimum Gasteiger partial charge on any atom is -0.305 e. The second-order valence-electron chi connectivity index (χ2n) is 3.00. The van der Waals surface area contributed by atoms with Gasteiger partial charge < -0.3 is 4.90 Å². The van der Waals surface area contributed by atoms with E-state index in [0.717, 1.165) is 11.4 Å². The smallest absolute Gasteiger partial charge is 0.0608 e. The van der Waals surface area contributed by atoms with Gasteiger partial charge in [0.15, 0.2) is 0 Å². The number of rotatable bonds is 4. The molecule has 1 rings (SSSR count). The van der Waals surface area contributed by atoms with E-state index in [1.165, 1.54) is 5.56 Å². The van der Waals surface area contributed by atoms with Crippen LogP contribution in [0.4, 0.5) is 0 Å². The Morgan fingerprint density at radius 1 is 1.62 bits per heavy atom. The minimum absolute atomic E-state index is 0.470. The zero-order valence-corrected chi connectivity index (χ0v) is 8.58. The second kappa shape index (κ2) is 4.87. The van der Waals surface area contributed by atoms with Crippen LogP contribution in [0, 0.1) is 0 Å². The lowest BCUT2D eigenvalue weighted by atomic mass is 10.2. The Morgan fingerprint density at radius 2 is 2.38 bits per heavy atom. The van der Waals surface area contributed by atoms with Gasteiger partial charge >= 0.3 is 0 Å². The number of hydrogen-bond donors (Lipinski definition) is 0. The average Bonchev–Trinajstić information content (AvgIpc) is 2.48. The number of azide groups is 1. The minimum atomic E-state index is 0.470. The second-order valence-corrected chi connectivity index (χ2v) is 4.00. The van der Waals surface area contributed by atoms with Crippen molar-refractivity contribution in [1.82, 2.24) is 4.90 Å². The summed E-state index contributed by atoms with van der Waals surface area (Å²) < 4.78 is 0. The summed E-state index contributed by atoms with van der Waals surface area (Å²) >= 11 is 1.64. The highest BCUT2D eigenvalue weighted by atomic mass is 32.1. The first-order valence-electron chi connectivity index (χ1n) is 3.95. The fourth-order valence-corrected chi connectivity index (χ4v) is 1.90. The molecule has 0 fully saturated rings. The van der Waals surface area contributed by atoms with Gasteiger partial charge in [-0.2, -0.15) is 0 Å². The van der Waals surface area contributed by atoms with Crippen molar-refractivity contribution in [2.24, 2.45) is 5.11 Å². The maximum absolute atomic E-state index is 8.19. The van der Waals surface area contributed by atoms with Crippen LogP contribution >= 0.6 is 11.3 Å². The Balaban J connectivity index is 2.70. The molecule has 0 aliphatic rings. The molecule has 0 N–H and O–H groups in total. The first-order valence-corrected chi connectivity index (χ1v) is 4.83. The van der Waals surface area contributed by atoms with Gasteiger partial charge in [0.2, 0.25) is 0 Å². The fourth-order valence-electron chi connectivity index (χ4n) is 1.08. The van der Waals surface area contributed by atoms with E-state index in [9.17, 15) is 0 Å². The Bertz CT molecular complexity index is 312. The van der Waals surface area contributed by atoms with E-state index in [0.29, 0.717) is 6.54 Å². The summed E-state index contributed by atoms with van der Waals surface area (Å²) in [6, 6.07) is 2.08. The molecule has 5 heteroatoms. The van der Waals surface area contributed by atoms with Crippen LogP contribution in [0.2, 0.25) is 0 Å². The number of hydrogen-bond acceptors (Lipinski definition) is 3. The Kier molecular flexibility index (Phi) is 3.76. The third-order valence-electron chi connectivity index (χ3n) is 1.60. The molecule has 13 heavy (non-hydrogen) atoms. The van der Waals surface area contributed by atoms with Gasteiger partial charge in [-0.25, -0.2) is 0 Å². The molecule has 0 spiro atoms. The zero-order chi connectivity index (χ0) is 9.68. The molecule has 4 nitrogen and oxygen atoms in total. The maximum Gasteiger partial charge on any atom is 0.0608 e. The first-order chi connectivity index (χ1) is 6.24. The maximum atomic E-state index is 8.19. The topological polar surface area (TPSA) is 52.0 Å². The Hall–Kier alpha value is -1.03. The lowest BCUT2D eigenvalue weighted by molar-refractivity contribution is 0.402. The van der Waals surface area contributed by atoms with E-state index >= 15 is 0 Å². The third kappa shape index (κ3) is 3.06. The quantitative estimate of drug-likeness (QED) is 0.415. The molecule has 1 aromatic heterocycles. The SMILES string of the molecule is CN(C)Cc1ccsc1CN=[N+]=[N-]. The fraction of sp³-hybridized carbons (Fsp3) is 0.500. The first kappa shape index (κ1) is 10.1. The highest BCUT2D eigenvalue weighted by molar-refractivity contribution is 7.10. The highest BCUT2D eigenvalue weighted by Gasteiger charge is 2.03. The van der Waals surface area contributed by atoms with Crippen LogP contribution in [-0.2, 0) is 13.1 Å². The van der Waals surface area contributed by atoms with Crippen LogP contribution in [0.15, 0.2) is 16.6 Å². The zero-order valence-electron chi connectivity index (χ0n) is 7.77. The summed E-state index contributed by atoms with van der Waals surface area (Å²) in [5.74, 6) is 0. The number of thiophene rings is 1. The van der Waals surface area contributed by atoms with Crippen molar-refractivity contribution >= 4 is 11.3 Å². The Morgan fingerprint density at radius 3 is 3.00 bits per heavy atom. The molecule has 0 atom stereocenters. The van der Waals surface area contributed by atoms with E-state index in [1.807, 2.05) is 19.5 Å². The van der Waals surface area contributed by atoms with Gasteiger partial charge in [0.1, 0.15) is 0 Å². The van der Waals surface area contributed by atoms with Crippen LogP contribution in [0.3, 0.4) is 0 Å². The molecule has 0 aromatic carbocycles. The van der Waals surface area contributed by atoms with E-state index in [4.69, 9.17) is 5.53 Å². The van der Waals surface area contributed by atoms with Gasteiger partial charge in [-0.1, -0.05) is 5.11 Å². The molecule has 0 aliphatic carbocycles. The number of nitrogens with zero attached hydrogens (tertiary/aromatic N) is 4. The molecule has 0 bridgehead atoms. The molecule has 0 saturated heterocycles. The molecule has 0 amide bonds. The monoisotopic (exact) mass is 196 g/mol. The van der Waals surface area contributed by atoms with Gasteiger partial charge in [0.05, 0.1) is 6.54 Å². The van der Waals surface area contributed by atoms with E-state index in [1.54, 1.807) is 11.3 Å². The summed E-state index contributed by atoms with van der Waals surface area (Å²) in [6.07, 6.45) is 0. The van der Waals surface area contributed by atoms with Gasteiger partial charge in [-0.3, -0.25) is 0 Å². The molecule has 0 radical (unpaired) electrons. The summed E-state index contributed by atoms with van der Waals surface area (Å²) in [7, 11) is 4.05. The van der Waals surface area contributed by atoms with Crippen molar-refractivity contribution in [2.75, 3.05) is 14.1 Å². The van der Waals surface area contributed by atoms with E-state index in [2.05, 4.69) is 21.0 Å². The van der Waals surface area contributed by atoms with Crippen molar-refractivity contribution in [2.45, 2.75) is 13.1 Å². The normalized spacial score (nSPS) is 10.1. The van der Waals surface area contributed by atoms with Gasteiger partial charge in [-0.05, 0) is 36.6 Å². The predicted octanol–water partition coefficient (Wildman–Crippen LogP) is 2.62. The standard InChI is InChI=1S/C8H12N4S/c1-12(2)6-7-3-4-13-8(7)5-10-11-9/h3-4H,5-6H2,1-2H3. The molecule has 1 aromatic rings. The van der Waals surface area contributed by atoms with Crippen molar-refractivity contribution in [1.29, 1.82) is 0 Å². The lowest BCUT2D eigenvalue weighted by Gasteiger charge is -2.08. The summed E-state index contributed by atoms with van der Waals surface area (Å²) in [6.45, 7) is 1.37. The Labute approximate surface area is 81.4 Å².